The molecule has 1 aliphatic heterocycles. The van der Waals surface area contributed by atoms with Crippen molar-refractivity contribution in [1.29, 1.82) is 0 Å². The topological polar surface area (TPSA) is 69.5 Å². The van der Waals surface area contributed by atoms with E-state index in [0.717, 1.165) is 30.6 Å². The number of piperidine rings is 1. The Hall–Kier alpha value is -2.14. The summed E-state index contributed by atoms with van der Waals surface area (Å²) in [6.45, 7) is 0.821. The van der Waals surface area contributed by atoms with Gasteiger partial charge in [-0.2, -0.15) is 10.2 Å². The van der Waals surface area contributed by atoms with Crippen molar-refractivity contribution in [3.63, 3.8) is 0 Å². The van der Waals surface area contributed by atoms with Crippen molar-refractivity contribution in [2.24, 2.45) is 0 Å². The van der Waals surface area contributed by atoms with Crippen LogP contribution in [0.4, 0.5) is 5.69 Å². The molecule has 2 atom stereocenters. The van der Waals surface area contributed by atoms with Crippen LogP contribution in [0, 0.1) is 0 Å². The second kappa shape index (κ2) is 5.46. The predicted octanol–water partition coefficient (Wildman–Crippen LogP) is 1.88. The number of nitrogens with zero attached hydrogens (tertiary/aromatic N) is 3. The van der Waals surface area contributed by atoms with Crippen LogP contribution in [0.2, 0.25) is 0 Å². The SMILES string of the molecule is Oc1ccccc1C1C(O)CCCN1c1ccnnc1. The van der Waals surface area contributed by atoms with Gasteiger partial charge in [-0.1, -0.05) is 18.2 Å². The minimum atomic E-state index is -0.509. The molecule has 1 aromatic heterocycles. The first kappa shape index (κ1) is 12.9. The number of hydrogen-bond acceptors (Lipinski definition) is 5. The van der Waals surface area contributed by atoms with E-state index in [1.807, 2.05) is 18.2 Å². The lowest BCUT2D eigenvalue weighted by atomic mass is 9.91. The van der Waals surface area contributed by atoms with Crippen LogP contribution in [0.5, 0.6) is 5.75 Å². The molecule has 5 nitrogen and oxygen atoms in total. The van der Waals surface area contributed by atoms with E-state index in [4.69, 9.17) is 0 Å². The van der Waals surface area contributed by atoms with E-state index in [1.54, 1.807) is 24.5 Å². The highest BCUT2D eigenvalue weighted by atomic mass is 16.3. The third-order valence-corrected chi connectivity index (χ3v) is 3.75. The summed E-state index contributed by atoms with van der Waals surface area (Å²) in [5, 5.41) is 28.2. The molecule has 2 N–H and O–H groups in total. The van der Waals surface area contributed by atoms with Gasteiger partial charge in [0.1, 0.15) is 5.75 Å². The molecule has 0 amide bonds. The molecular formula is C15H17N3O2. The maximum Gasteiger partial charge on any atom is 0.120 e. The molecule has 0 bridgehead atoms. The van der Waals surface area contributed by atoms with Crippen LogP contribution in [-0.2, 0) is 0 Å². The molecule has 20 heavy (non-hydrogen) atoms. The number of aromatic nitrogens is 2. The Morgan fingerprint density at radius 3 is 2.75 bits per heavy atom. The molecule has 0 aliphatic carbocycles. The first-order valence-electron chi connectivity index (χ1n) is 6.76. The highest BCUT2D eigenvalue weighted by molar-refractivity contribution is 5.49. The number of para-hydroxylation sites is 1. The molecular weight excluding hydrogens is 254 g/mol. The summed E-state index contributed by atoms with van der Waals surface area (Å²) in [7, 11) is 0. The molecule has 5 heteroatoms. The summed E-state index contributed by atoms with van der Waals surface area (Å²) in [6.07, 6.45) is 4.45. The van der Waals surface area contributed by atoms with Gasteiger partial charge in [-0.25, -0.2) is 0 Å². The number of aliphatic hydroxyl groups is 1. The van der Waals surface area contributed by atoms with Crippen LogP contribution >= 0.6 is 0 Å². The van der Waals surface area contributed by atoms with E-state index in [0.29, 0.717) is 0 Å². The molecule has 1 aromatic carbocycles. The van der Waals surface area contributed by atoms with E-state index >= 15 is 0 Å². The normalized spacial score (nSPS) is 22.8. The summed E-state index contributed by atoms with van der Waals surface area (Å²) in [5.74, 6) is 0.213. The molecule has 0 spiro atoms. The van der Waals surface area contributed by atoms with Crippen molar-refractivity contribution in [2.45, 2.75) is 25.0 Å². The van der Waals surface area contributed by atoms with Crippen molar-refractivity contribution in [3.05, 3.63) is 48.3 Å². The third-order valence-electron chi connectivity index (χ3n) is 3.75. The van der Waals surface area contributed by atoms with E-state index in [2.05, 4.69) is 15.1 Å². The zero-order valence-electron chi connectivity index (χ0n) is 11.1. The number of anilines is 1. The van der Waals surface area contributed by atoms with Gasteiger partial charge in [-0.3, -0.25) is 0 Å². The molecule has 1 fully saturated rings. The Morgan fingerprint density at radius 1 is 1.15 bits per heavy atom. The van der Waals surface area contributed by atoms with Crippen molar-refractivity contribution in [1.82, 2.24) is 10.2 Å². The van der Waals surface area contributed by atoms with Gasteiger partial charge in [-0.05, 0) is 25.0 Å². The molecule has 0 radical (unpaired) electrons. The lowest BCUT2D eigenvalue weighted by Crippen LogP contribution is -2.42. The molecule has 1 saturated heterocycles. The van der Waals surface area contributed by atoms with E-state index in [-0.39, 0.29) is 11.8 Å². The number of phenols is 1. The number of aromatic hydroxyl groups is 1. The van der Waals surface area contributed by atoms with Crippen molar-refractivity contribution < 1.29 is 10.2 Å². The first-order valence-corrected chi connectivity index (χ1v) is 6.76. The molecule has 3 rings (SSSR count). The Morgan fingerprint density at radius 2 is 2.00 bits per heavy atom. The van der Waals surface area contributed by atoms with Crippen LogP contribution in [-0.4, -0.2) is 33.1 Å². The fourth-order valence-electron chi connectivity index (χ4n) is 2.83. The predicted molar refractivity (Wildman–Crippen MR) is 75.5 cm³/mol. The fraction of sp³-hybridized carbons (Fsp3) is 0.333. The standard InChI is InChI=1S/C15H17N3O2/c19-13-5-2-1-4-12(13)15-14(20)6-3-9-18(15)11-7-8-16-17-10-11/h1-2,4-5,7-8,10,14-15,19-20H,3,6,9H2. The minimum absolute atomic E-state index is 0.213. The van der Waals surface area contributed by atoms with Gasteiger partial charge in [0.15, 0.2) is 0 Å². The summed E-state index contributed by atoms with van der Waals surface area (Å²) in [6, 6.07) is 8.79. The molecule has 1 aliphatic rings. The van der Waals surface area contributed by atoms with Gasteiger partial charge in [0.25, 0.3) is 0 Å². The van der Waals surface area contributed by atoms with Gasteiger partial charge in [0.2, 0.25) is 0 Å². The van der Waals surface area contributed by atoms with Crippen LogP contribution < -0.4 is 4.90 Å². The third kappa shape index (κ3) is 2.32. The largest absolute Gasteiger partial charge is 0.508 e. The summed E-state index contributed by atoms with van der Waals surface area (Å²) in [4.78, 5) is 2.08. The van der Waals surface area contributed by atoms with Crippen molar-refractivity contribution in [2.75, 3.05) is 11.4 Å². The highest BCUT2D eigenvalue weighted by Gasteiger charge is 2.33. The van der Waals surface area contributed by atoms with E-state index < -0.39 is 6.10 Å². The Labute approximate surface area is 117 Å². The molecule has 2 aromatic rings. The van der Waals surface area contributed by atoms with Crippen LogP contribution in [0.25, 0.3) is 0 Å². The van der Waals surface area contributed by atoms with Gasteiger partial charge in [0, 0.05) is 12.1 Å². The zero-order chi connectivity index (χ0) is 13.9. The first-order chi connectivity index (χ1) is 9.77. The average Bonchev–Trinajstić information content (AvgIpc) is 2.49. The van der Waals surface area contributed by atoms with Crippen LogP contribution in [0.1, 0.15) is 24.4 Å². The van der Waals surface area contributed by atoms with Gasteiger partial charge >= 0.3 is 0 Å². The molecule has 2 unspecified atom stereocenters. The smallest absolute Gasteiger partial charge is 0.120 e. The molecule has 2 heterocycles. The maximum atomic E-state index is 10.4. The van der Waals surface area contributed by atoms with E-state index in [1.165, 1.54) is 0 Å². The second-order valence-electron chi connectivity index (χ2n) is 5.01. The number of aliphatic hydroxyl groups excluding tert-OH is 1. The molecule has 104 valence electrons. The highest BCUT2D eigenvalue weighted by Crippen LogP contribution is 2.38. The van der Waals surface area contributed by atoms with Crippen LogP contribution in [0.15, 0.2) is 42.7 Å². The van der Waals surface area contributed by atoms with Gasteiger partial charge < -0.3 is 15.1 Å². The summed E-state index contributed by atoms with van der Waals surface area (Å²) >= 11 is 0. The second-order valence-corrected chi connectivity index (χ2v) is 5.01. The fourth-order valence-corrected chi connectivity index (χ4v) is 2.83. The van der Waals surface area contributed by atoms with Crippen molar-refractivity contribution in [3.8, 4) is 5.75 Å². The lowest BCUT2D eigenvalue weighted by molar-refractivity contribution is 0.112. The number of phenolic OH excluding ortho intramolecular Hbond substituents is 1. The zero-order valence-corrected chi connectivity index (χ0v) is 11.1. The summed E-state index contributed by atoms with van der Waals surface area (Å²) < 4.78 is 0. The van der Waals surface area contributed by atoms with Crippen LogP contribution in [0.3, 0.4) is 0 Å². The molecule has 0 saturated carbocycles. The Kier molecular flexibility index (Phi) is 3.52. The van der Waals surface area contributed by atoms with Gasteiger partial charge in [-0.15, -0.1) is 0 Å². The quantitative estimate of drug-likeness (QED) is 0.873. The van der Waals surface area contributed by atoms with Gasteiger partial charge in [0.05, 0.1) is 30.2 Å². The number of rotatable bonds is 2. The number of hydrogen-bond donors (Lipinski definition) is 2. The van der Waals surface area contributed by atoms with E-state index in [9.17, 15) is 10.2 Å². The van der Waals surface area contributed by atoms with Crippen molar-refractivity contribution >= 4 is 5.69 Å². The monoisotopic (exact) mass is 271 g/mol. The summed E-state index contributed by atoms with van der Waals surface area (Å²) in [5.41, 5.74) is 1.66. The Bertz CT molecular complexity index is 576. The maximum absolute atomic E-state index is 10.4. The minimum Gasteiger partial charge on any atom is -0.508 e. The number of benzene rings is 1. The average molecular weight is 271 g/mol. The lowest BCUT2D eigenvalue weighted by Gasteiger charge is -2.40. The Balaban J connectivity index is 2.02.